The van der Waals surface area contributed by atoms with Crippen LogP contribution in [0, 0.1) is 0 Å². The molecule has 0 spiro atoms. The molecule has 0 bridgehead atoms. The van der Waals surface area contributed by atoms with Crippen LogP contribution in [0.4, 0.5) is 5.69 Å². The van der Waals surface area contributed by atoms with Gasteiger partial charge in [0.2, 0.25) is 5.91 Å². The number of halogens is 1. The van der Waals surface area contributed by atoms with Crippen molar-refractivity contribution in [3.63, 3.8) is 0 Å². The van der Waals surface area contributed by atoms with E-state index >= 15 is 0 Å². The first kappa shape index (κ1) is 13.2. The Bertz CT molecular complexity index is 588. The first-order valence-electron chi connectivity index (χ1n) is 5.38. The van der Waals surface area contributed by atoms with E-state index in [0.717, 1.165) is 0 Å². The van der Waals surface area contributed by atoms with E-state index < -0.39 is 21.3 Å². The number of amides is 1. The van der Waals surface area contributed by atoms with Gasteiger partial charge in [0.25, 0.3) is 0 Å². The Morgan fingerprint density at radius 3 is 2.56 bits per heavy atom. The van der Waals surface area contributed by atoms with Crippen molar-refractivity contribution in [3.8, 4) is 0 Å². The van der Waals surface area contributed by atoms with Crippen LogP contribution >= 0.6 is 11.6 Å². The largest absolute Gasteiger partial charge is 0.369 e. The average Bonchev–Trinajstić information content (AvgIpc) is 2.59. The Morgan fingerprint density at radius 1 is 1.39 bits per heavy atom. The monoisotopic (exact) mass is 288 g/mol. The Hall–Kier alpha value is -1.27. The summed E-state index contributed by atoms with van der Waals surface area (Å²) in [7, 11) is -3.24. The van der Waals surface area contributed by atoms with E-state index in [2.05, 4.69) is 5.32 Å². The highest BCUT2D eigenvalue weighted by Crippen LogP contribution is 2.31. The zero-order valence-electron chi connectivity index (χ0n) is 9.52. The fourth-order valence-corrected chi connectivity index (χ4v) is 4.12. The second-order valence-electron chi connectivity index (χ2n) is 4.39. The summed E-state index contributed by atoms with van der Waals surface area (Å²) in [4.78, 5) is 11.6. The molecule has 1 aromatic carbocycles. The van der Waals surface area contributed by atoms with Gasteiger partial charge >= 0.3 is 0 Å². The van der Waals surface area contributed by atoms with Crippen LogP contribution in [0.5, 0.6) is 0 Å². The third kappa shape index (κ3) is 2.44. The summed E-state index contributed by atoms with van der Waals surface area (Å²) < 4.78 is 23.1. The number of benzene rings is 1. The molecule has 18 heavy (non-hydrogen) atoms. The van der Waals surface area contributed by atoms with Crippen LogP contribution in [0.15, 0.2) is 24.3 Å². The highest BCUT2D eigenvalue weighted by Gasteiger charge is 2.47. The maximum absolute atomic E-state index is 11.6. The first-order chi connectivity index (χ1) is 8.35. The van der Waals surface area contributed by atoms with Gasteiger partial charge in [-0.2, -0.15) is 0 Å². The molecular weight excluding hydrogens is 276 g/mol. The molecule has 1 aromatic rings. The summed E-state index contributed by atoms with van der Waals surface area (Å²) in [5.41, 5.74) is 4.59. The van der Waals surface area contributed by atoms with Crippen LogP contribution in [0.1, 0.15) is 6.42 Å². The molecule has 0 saturated carbocycles. The summed E-state index contributed by atoms with van der Waals surface area (Å²) in [5, 5.41) is 3.31. The lowest BCUT2D eigenvalue weighted by molar-refractivity contribution is -0.121. The molecule has 1 aliphatic heterocycles. The molecule has 1 heterocycles. The third-order valence-electron chi connectivity index (χ3n) is 3.03. The molecule has 2 rings (SSSR count). The van der Waals surface area contributed by atoms with E-state index in [4.69, 9.17) is 17.3 Å². The zero-order chi connectivity index (χ0) is 13.4. The standard InChI is InChI=1S/C11H13ClN2O3S/c12-8-3-1-2-4-9(8)14-11(10(13)15)5-6-18(16,17)7-11/h1-4,14H,5-7H2,(H2,13,15). The Labute approximate surface area is 110 Å². The minimum Gasteiger partial charge on any atom is -0.369 e. The third-order valence-corrected chi connectivity index (χ3v) is 5.11. The lowest BCUT2D eigenvalue weighted by Crippen LogP contribution is -2.51. The van der Waals surface area contributed by atoms with Crippen LogP contribution < -0.4 is 11.1 Å². The van der Waals surface area contributed by atoms with E-state index in [1.807, 2.05) is 0 Å². The fourth-order valence-electron chi connectivity index (χ4n) is 2.02. The Kier molecular flexibility index (Phi) is 3.25. The van der Waals surface area contributed by atoms with Crippen molar-refractivity contribution < 1.29 is 13.2 Å². The molecule has 0 radical (unpaired) electrons. The molecule has 5 nitrogen and oxygen atoms in total. The molecule has 1 fully saturated rings. The molecule has 1 aliphatic rings. The number of hydrogen-bond acceptors (Lipinski definition) is 4. The predicted octanol–water partition coefficient (Wildman–Crippen LogP) is 0.794. The molecule has 0 aromatic heterocycles. The molecule has 1 unspecified atom stereocenters. The van der Waals surface area contributed by atoms with Gasteiger partial charge < -0.3 is 11.1 Å². The first-order valence-corrected chi connectivity index (χ1v) is 7.58. The van der Waals surface area contributed by atoms with Gasteiger partial charge in [0, 0.05) is 0 Å². The number of nitrogens with two attached hydrogens (primary N) is 1. The summed E-state index contributed by atoms with van der Waals surface area (Å²) in [5.74, 6) is -1.02. The van der Waals surface area contributed by atoms with Crippen LogP contribution in [-0.4, -0.2) is 31.4 Å². The van der Waals surface area contributed by atoms with Crippen LogP contribution in [0.2, 0.25) is 5.02 Å². The maximum atomic E-state index is 11.6. The van der Waals surface area contributed by atoms with Crippen molar-refractivity contribution in [2.75, 3.05) is 16.8 Å². The number of anilines is 1. The van der Waals surface area contributed by atoms with Gasteiger partial charge in [-0.15, -0.1) is 0 Å². The molecule has 7 heteroatoms. The van der Waals surface area contributed by atoms with Crippen molar-refractivity contribution in [2.24, 2.45) is 5.73 Å². The number of para-hydroxylation sites is 1. The highest BCUT2D eigenvalue weighted by atomic mass is 35.5. The normalized spacial score (nSPS) is 25.8. The van der Waals surface area contributed by atoms with Gasteiger partial charge in [-0.3, -0.25) is 4.79 Å². The van der Waals surface area contributed by atoms with E-state index in [1.54, 1.807) is 24.3 Å². The predicted molar refractivity (Wildman–Crippen MR) is 70.3 cm³/mol. The quantitative estimate of drug-likeness (QED) is 0.861. The number of sulfone groups is 1. The summed E-state index contributed by atoms with van der Waals surface area (Å²) in [6.07, 6.45) is 0.163. The van der Waals surface area contributed by atoms with Crippen molar-refractivity contribution >= 4 is 33.0 Å². The maximum Gasteiger partial charge on any atom is 0.244 e. The van der Waals surface area contributed by atoms with Crippen molar-refractivity contribution in [1.82, 2.24) is 0 Å². The summed E-state index contributed by atoms with van der Waals surface area (Å²) in [6.45, 7) is 0. The van der Waals surface area contributed by atoms with Gasteiger partial charge in [-0.25, -0.2) is 8.42 Å². The number of primary amides is 1. The topological polar surface area (TPSA) is 89.3 Å². The average molecular weight is 289 g/mol. The van der Waals surface area contributed by atoms with Crippen molar-refractivity contribution in [1.29, 1.82) is 0 Å². The van der Waals surface area contributed by atoms with Gasteiger partial charge in [0.15, 0.2) is 9.84 Å². The fraction of sp³-hybridized carbons (Fsp3) is 0.364. The van der Waals surface area contributed by atoms with Gasteiger partial charge in [-0.1, -0.05) is 23.7 Å². The lowest BCUT2D eigenvalue weighted by atomic mass is 9.97. The van der Waals surface area contributed by atoms with Crippen LogP contribution in [0.25, 0.3) is 0 Å². The molecular formula is C11H13ClN2O3S. The van der Waals surface area contributed by atoms with E-state index in [1.165, 1.54) is 0 Å². The van der Waals surface area contributed by atoms with E-state index in [-0.39, 0.29) is 17.9 Å². The second-order valence-corrected chi connectivity index (χ2v) is 6.98. The highest BCUT2D eigenvalue weighted by molar-refractivity contribution is 7.91. The number of nitrogens with one attached hydrogen (secondary N) is 1. The minimum absolute atomic E-state index is 0.0482. The summed E-state index contributed by atoms with van der Waals surface area (Å²) in [6, 6.07) is 6.82. The van der Waals surface area contributed by atoms with Gasteiger partial charge in [-0.05, 0) is 18.6 Å². The minimum atomic E-state index is -3.24. The van der Waals surface area contributed by atoms with Crippen LogP contribution in [0.3, 0.4) is 0 Å². The van der Waals surface area contributed by atoms with Gasteiger partial charge in [0.05, 0.1) is 22.2 Å². The molecule has 98 valence electrons. The lowest BCUT2D eigenvalue weighted by Gasteiger charge is -2.27. The number of carbonyl (C=O) groups is 1. The number of rotatable bonds is 3. The molecule has 3 N–H and O–H groups in total. The van der Waals surface area contributed by atoms with Crippen molar-refractivity contribution in [3.05, 3.63) is 29.3 Å². The molecule has 1 saturated heterocycles. The van der Waals surface area contributed by atoms with E-state index in [0.29, 0.717) is 10.7 Å². The smallest absolute Gasteiger partial charge is 0.244 e. The number of hydrogen-bond donors (Lipinski definition) is 2. The zero-order valence-corrected chi connectivity index (χ0v) is 11.1. The number of carbonyl (C=O) groups excluding carboxylic acids is 1. The van der Waals surface area contributed by atoms with Crippen molar-refractivity contribution in [2.45, 2.75) is 12.0 Å². The SMILES string of the molecule is NC(=O)C1(Nc2ccccc2Cl)CCS(=O)(=O)C1. The van der Waals surface area contributed by atoms with E-state index in [9.17, 15) is 13.2 Å². The molecule has 1 atom stereocenters. The Morgan fingerprint density at radius 2 is 2.06 bits per heavy atom. The summed E-state index contributed by atoms with van der Waals surface area (Å²) >= 11 is 5.98. The molecule has 0 aliphatic carbocycles. The van der Waals surface area contributed by atoms with Crippen LogP contribution in [-0.2, 0) is 14.6 Å². The van der Waals surface area contributed by atoms with Gasteiger partial charge in [0.1, 0.15) is 5.54 Å². The molecule has 1 amide bonds. The second kappa shape index (κ2) is 4.44. The Balaban J connectivity index is 2.35.